The molecule has 2 aromatic heterocycles. The summed E-state index contributed by atoms with van der Waals surface area (Å²) in [5.41, 5.74) is 4.30. The van der Waals surface area contributed by atoms with Crippen molar-refractivity contribution in [2.75, 3.05) is 100 Å². The summed E-state index contributed by atoms with van der Waals surface area (Å²) in [6.07, 6.45) is 3.29. The van der Waals surface area contributed by atoms with Gasteiger partial charge in [-0.2, -0.15) is 0 Å². The SMILES string of the molecule is COCCN(C)c1ncnc2cc(N3CCN(c4ccc5c(N(C)CCOC)ncnc5c4)CC3)ccc12. The van der Waals surface area contributed by atoms with Gasteiger partial charge in [0, 0.05) is 89.7 Å². The van der Waals surface area contributed by atoms with E-state index in [9.17, 15) is 0 Å². The summed E-state index contributed by atoms with van der Waals surface area (Å²) < 4.78 is 10.5. The lowest BCUT2D eigenvalue weighted by Gasteiger charge is -2.37. The van der Waals surface area contributed by atoms with Gasteiger partial charge in [-0.25, -0.2) is 19.9 Å². The minimum Gasteiger partial charge on any atom is -0.383 e. The van der Waals surface area contributed by atoms with Gasteiger partial charge in [0.2, 0.25) is 0 Å². The minimum absolute atomic E-state index is 0.654. The van der Waals surface area contributed by atoms with Crippen LogP contribution in [-0.4, -0.2) is 101 Å². The first-order valence-corrected chi connectivity index (χ1v) is 13.0. The Bertz CT molecular complexity index is 1270. The predicted octanol–water partition coefficient (Wildman–Crippen LogP) is 3.06. The van der Waals surface area contributed by atoms with E-state index >= 15 is 0 Å². The number of likely N-dealkylation sites (N-methyl/N-ethyl adjacent to an activating group) is 2. The number of anilines is 4. The van der Waals surface area contributed by atoms with Gasteiger partial charge >= 0.3 is 0 Å². The maximum atomic E-state index is 5.23. The van der Waals surface area contributed by atoms with E-state index in [0.29, 0.717) is 13.2 Å². The van der Waals surface area contributed by atoms with Crippen LogP contribution in [0.5, 0.6) is 0 Å². The molecule has 1 aliphatic heterocycles. The number of methoxy groups -OCH3 is 2. The number of ether oxygens (including phenoxy) is 2. The Balaban J connectivity index is 1.28. The highest BCUT2D eigenvalue weighted by Gasteiger charge is 2.20. The number of aromatic nitrogens is 4. The van der Waals surface area contributed by atoms with Crippen LogP contribution in [0.15, 0.2) is 49.1 Å². The molecule has 2 aromatic carbocycles. The van der Waals surface area contributed by atoms with Gasteiger partial charge in [-0.3, -0.25) is 0 Å². The molecule has 4 aromatic rings. The van der Waals surface area contributed by atoms with Gasteiger partial charge in [-0.15, -0.1) is 0 Å². The molecular formula is C28H36N8O2. The van der Waals surface area contributed by atoms with Crippen molar-refractivity contribution >= 4 is 44.8 Å². The molecule has 0 aliphatic carbocycles. The zero-order valence-electron chi connectivity index (χ0n) is 22.7. The number of fused-ring (bicyclic) bond motifs is 2. The summed E-state index contributed by atoms with van der Waals surface area (Å²) in [6.45, 7) is 6.60. The largest absolute Gasteiger partial charge is 0.383 e. The van der Waals surface area contributed by atoms with E-state index in [-0.39, 0.29) is 0 Å². The zero-order valence-corrected chi connectivity index (χ0v) is 22.7. The molecule has 0 bridgehead atoms. The molecule has 10 nitrogen and oxygen atoms in total. The first-order chi connectivity index (χ1) is 18.6. The fraction of sp³-hybridized carbons (Fsp3) is 0.429. The maximum Gasteiger partial charge on any atom is 0.139 e. The van der Waals surface area contributed by atoms with E-state index in [2.05, 4.69) is 75.9 Å². The average Bonchev–Trinajstić information content (AvgIpc) is 2.97. The van der Waals surface area contributed by atoms with Crippen molar-refractivity contribution in [1.29, 1.82) is 0 Å². The van der Waals surface area contributed by atoms with Gasteiger partial charge in [-0.1, -0.05) is 0 Å². The van der Waals surface area contributed by atoms with E-state index in [1.54, 1.807) is 26.9 Å². The second-order valence-electron chi connectivity index (χ2n) is 9.60. The van der Waals surface area contributed by atoms with Gasteiger partial charge in [0.15, 0.2) is 0 Å². The number of piperazine rings is 1. The molecule has 3 heterocycles. The summed E-state index contributed by atoms with van der Waals surface area (Å²) in [5.74, 6) is 1.85. The normalized spacial score (nSPS) is 13.9. The Kier molecular flexibility index (Phi) is 8.00. The Hall–Kier alpha value is -3.76. The third-order valence-electron chi connectivity index (χ3n) is 7.19. The summed E-state index contributed by atoms with van der Waals surface area (Å²) in [4.78, 5) is 27.2. The van der Waals surface area contributed by atoms with Crippen LogP contribution in [0.2, 0.25) is 0 Å². The summed E-state index contributed by atoms with van der Waals surface area (Å²) >= 11 is 0. The van der Waals surface area contributed by atoms with Crippen LogP contribution in [0.25, 0.3) is 21.8 Å². The first kappa shape index (κ1) is 25.9. The molecule has 0 spiro atoms. The molecule has 10 heteroatoms. The minimum atomic E-state index is 0.654. The van der Waals surface area contributed by atoms with E-state index in [4.69, 9.17) is 9.47 Å². The van der Waals surface area contributed by atoms with Crippen LogP contribution in [-0.2, 0) is 9.47 Å². The summed E-state index contributed by atoms with van der Waals surface area (Å²) in [5, 5.41) is 2.11. The third kappa shape index (κ3) is 5.41. The van der Waals surface area contributed by atoms with Gasteiger partial charge < -0.3 is 29.1 Å². The average molecular weight is 517 g/mol. The second-order valence-corrected chi connectivity index (χ2v) is 9.60. The molecule has 0 atom stereocenters. The molecule has 38 heavy (non-hydrogen) atoms. The zero-order chi connectivity index (χ0) is 26.5. The van der Waals surface area contributed by atoms with Crippen molar-refractivity contribution in [2.45, 2.75) is 0 Å². The van der Waals surface area contributed by atoms with Gasteiger partial charge in [0.1, 0.15) is 24.3 Å². The van der Waals surface area contributed by atoms with E-state index in [0.717, 1.165) is 72.7 Å². The number of hydrogen-bond donors (Lipinski definition) is 0. The van der Waals surface area contributed by atoms with Crippen LogP contribution >= 0.6 is 0 Å². The van der Waals surface area contributed by atoms with E-state index in [1.165, 1.54) is 11.4 Å². The summed E-state index contributed by atoms with van der Waals surface area (Å²) in [7, 11) is 7.50. The fourth-order valence-electron chi connectivity index (χ4n) is 4.96. The molecule has 0 unspecified atom stereocenters. The highest BCUT2D eigenvalue weighted by atomic mass is 16.5. The van der Waals surface area contributed by atoms with Crippen LogP contribution in [0.1, 0.15) is 0 Å². The van der Waals surface area contributed by atoms with Gasteiger partial charge in [-0.05, 0) is 36.4 Å². The highest BCUT2D eigenvalue weighted by molar-refractivity contribution is 5.92. The number of nitrogens with zero attached hydrogens (tertiary/aromatic N) is 8. The quantitative estimate of drug-likeness (QED) is 0.314. The topological polar surface area (TPSA) is 83.0 Å². The summed E-state index contributed by atoms with van der Waals surface area (Å²) in [6, 6.07) is 13.0. The monoisotopic (exact) mass is 516 g/mol. The maximum absolute atomic E-state index is 5.23. The highest BCUT2D eigenvalue weighted by Crippen LogP contribution is 2.30. The number of benzene rings is 2. The fourth-order valence-corrected chi connectivity index (χ4v) is 4.96. The Labute approximate surface area is 223 Å². The number of rotatable bonds is 10. The molecule has 1 fully saturated rings. The molecule has 0 amide bonds. The lowest BCUT2D eigenvalue weighted by atomic mass is 10.1. The second kappa shape index (κ2) is 11.7. The molecule has 0 saturated carbocycles. The van der Waals surface area contributed by atoms with E-state index in [1.807, 2.05) is 14.1 Å². The van der Waals surface area contributed by atoms with Gasteiger partial charge in [0.25, 0.3) is 0 Å². The van der Waals surface area contributed by atoms with Crippen molar-refractivity contribution < 1.29 is 9.47 Å². The smallest absolute Gasteiger partial charge is 0.139 e. The molecule has 0 N–H and O–H groups in total. The van der Waals surface area contributed by atoms with Crippen LogP contribution in [0, 0.1) is 0 Å². The van der Waals surface area contributed by atoms with Crippen LogP contribution in [0.3, 0.4) is 0 Å². The van der Waals surface area contributed by atoms with Crippen LogP contribution < -0.4 is 19.6 Å². The molecule has 5 rings (SSSR count). The molecular weight excluding hydrogens is 480 g/mol. The third-order valence-corrected chi connectivity index (χ3v) is 7.19. The molecule has 200 valence electrons. The molecule has 0 radical (unpaired) electrons. The van der Waals surface area contributed by atoms with Crippen molar-refractivity contribution in [3.05, 3.63) is 49.1 Å². The van der Waals surface area contributed by atoms with Crippen molar-refractivity contribution in [1.82, 2.24) is 19.9 Å². The lowest BCUT2D eigenvalue weighted by molar-refractivity contribution is 0.206. The predicted molar refractivity (Wildman–Crippen MR) is 154 cm³/mol. The van der Waals surface area contributed by atoms with Crippen molar-refractivity contribution in [3.63, 3.8) is 0 Å². The van der Waals surface area contributed by atoms with Crippen molar-refractivity contribution in [2.24, 2.45) is 0 Å². The molecule has 1 aliphatic rings. The Morgan fingerprint density at radius 1 is 0.658 bits per heavy atom. The Morgan fingerprint density at radius 3 is 1.47 bits per heavy atom. The standard InChI is InChI=1S/C28H36N8O2/c1-33(13-15-37-3)27-23-7-5-21(17-25(23)29-19-31-27)35-9-11-36(12-10-35)22-6-8-24-26(18-22)30-20-32-28(24)34(2)14-16-38-4/h5-8,17-20H,9-16H2,1-4H3. The van der Waals surface area contributed by atoms with Crippen LogP contribution in [0.4, 0.5) is 23.0 Å². The van der Waals surface area contributed by atoms with Crippen molar-refractivity contribution in [3.8, 4) is 0 Å². The van der Waals surface area contributed by atoms with Gasteiger partial charge in [0.05, 0.1) is 24.2 Å². The lowest BCUT2D eigenvalue weighted by Crippen LogP contribution is -2.46. The first-order valence-electron chi connectivity index (χ1n) is 13.0. The number of hydrogen-bond acceptors (Lipinski definition) is 10. The van der Waals surface area contributed by atoms with E-state index < -0.39 is 0 Å². The molecule has 1 saturated heterocycles. The Morgan fingerprint density at radius 2 is 1.08 bits per heavy atom.